The number of rotatable bonds is 11. The van der Waals surface area contributed by atoms with Gasteiger partial charge in [-0.2, -0.15) is 0 Å². The fraction of sp³-hybridized carbons (Fsp3) is 0.0110. The summed E-state index contributed by atoms with van der Waals surface area (Å²) in [4.78, 5) is 0. The Labute approximate surface area is 541 Å². The Morgan fingerprint density at radius 1 is 0.183 bits per heavy atom. The molecule has 1 aliphatic carbocycles. The molecule has 0 aliphatic heterocycles. The van der Waals surface area contributed by atoms with Crippen LogP contribution in [0.1, 0.15) is 22.3 Å². The van der Waals surface area contributed by atoms with Gasteiger partial charge in [0, 0.05) is 32.8 Å². The van der Waals surface area contributed by atoms with Gasteiger partial charge < -0.3 is 9.13 Å². The van der Waals surface area contributed by atoms with Crippen LogP contribution in [-0.2, 0) is 5.41 Å². The lowest BCUT2D eigenvalue weighted by Gasteiger charge is -2.36. The summed E-state index contributed by atoms with van der Waals surface area (Å²) in [5.74, 6) is 0. The second-order valence-electron chi connectivity index (χ2n) is 24.6. The van der Waals surface area contributed by atoms with E-state index in [1.54, 1.807) is 0 Å². The largest absolute Gasteiger partial charge is 0.309 e. The molecule has 15 aromatic carbocycles. The molecular formula is C91H60N2. The van der Waals surface area contributed by atoms with Crippen molar-refractivity contribution in [1.82, 2.24) is 9.13 Å². The van der Waals surface area contributed by atoms with Crippen LogP contribution in [0.3, 0.4) is 0 Å². The van der Waals surface area contributed by atoms with Crippen LogP contribution in [0.4, 0.5) is 0 Å². The Hall–Kier alpha value is -12.1. The zero-order valence-corrected chi connectivity index (χ0v) is 51.0. The zero-order chi connectivity index (χ0) is 61.4. The lowest BCUT2D eigenvalue weighted by atomic mass is 9.65. The Kier molecular flexibility index (Phi) is 12.8. The summed E-state index contributed by atoms with van der Waals surface area (Å²) in [6.45, 7) is 0. The second-order valence-corrected chi connectivity index (χ2v) is 24.6. The predicted molar refractivity (Wildman–Crippen MR) is 390 cm³/mol. The van der Waals surface area contributed by atoms with Crippen molar-refractivity contribution in [2.75, 3.05) is 0 Å². The SMILES string of the molecule is c1ccc(-c2ccccc2-c2ccccc2C2(c3cccc(-c4ccc(-c5ccc(-c6ccc(-n7c8ccccc8c8cc(-c9ccc%10c(c9)c9ccccc9n%10-c9ccccc9-c9ccccc9)ccc87)cc6)cc5)cc4)c3)c3ccccc3-c3ccccc32)cc1. The van der Waals surface area contributed by atoms with Gasteiger partial charge in [0.05, 0.1) is 33.2 Å². The van der Waals surface area contributed by atoms with Crippen LogP contribution >= 0.6 is 0 Å². The van der Waals surface area contributed by atoms with Gasteiger partial charge in [-0.1, -0.05) is 303 Å². The molecule has 434 valence electrons. The number of para-hydroxylation sites is 3. The highest BCUT2D eigenvalue weighted by Gasteiger charge is 2.47. The maximum absolute atomic E-state index is 2.45. The summed E-state index contributed by atoms with van der Waals surface area (Å²) < 4.78 is 4.85. The number of benzene rings is 15. The molecule has 17 aromatic rings. The molecule has 0 spiro atoms. The maximum Gasteiger partial charge on any atom is 0.0719 e. The third kappa shape index (κ3) is 8.79. The summed E-state index contributed by atoms with van der Waals surface area (Å²) in [5, 5.41) is 4.95. The van der Waals surface area contributed by atoms with Crippen LogP contribution in [0.5, 0.6) is 0 Å². The molecule has 0 amide bonds. The van der Waals surface area contributed by atoms with Crippen LogP contribution in [0, 0.1) is 0 Å². The average Bonchev–Trinajstić information content (AvgIpc) is 1.57. The molecule has 93 heavy (non-hydrogen) atoms. The van der Waals surface area contributed by atoms with E-state index in [-0.39, 0.29) is 0 Å². The Morgan fingerprint density at radius 3 is 1.06 bits per heavy atom. The molecule has 0 bridgehead atoms. The molecule has 1 aliphatic rings. The van der Waals surface area contributed by atoms with E-state index in [9.17, 15) is 0 Å². The second kappa shape index (κ2) is 22.1. The fourth-order valence-corrected chi connectivity index (χ4v) is 15.4. The Balaban J connectivity index is 0.640. The van der Waals surface area contributed by atoms with E-state index in [1.807, 2.05) is 0 Å². The maximum atomic E-state index is 2.45. The lowest BCUT2D eigenvalue weighted by Crippen LogP contribution is -2.29. The molecule has 0 atom stereocenters. The van der Waals surface area contributed by atoms with Crippen molar-refractivity contribution in [2.24, 2.45) is 0 Å². The normalized spacial score (nSPS) is 12.4. The average molecular weight is 1180 g/mol. The minimum absolute atomic E-state index is 0.594. The molecule has 0 fully saturated rings. The molecule has 0 saturated carbocycles. The monoisotopic (exact) mass is 1180 g/mol. The van der Waals surface area contributed by atoms with Crippen LogP contribution in [0.2, 0.25) is 0 Å². The molecule has 2 nitrogen and oxygen atoms in total. The summed E-state index contributed by atoms with van der Waals surface area (Å²) in [7, 11) is 0. The molecular weight excluding hydrogens is 1120 g/mol. The van der Waals surface area contributed by atoms with Gasteiger partial charge in [0.2, 0.25) is 0 Å². The third-order valence-electron chi connectivity index (χ3n) is 19.7. The summed E-state index contributed by atoms with van der Waals surface area (Å²) in [6.07, 6.45) is 0. The van der Waals surface area contributed by atoms with Crippen molar-refractivity contribution in [3.63, 3.8) is 0 Å². The van der Waals surface area contributed by atoms with Crippen molar-refractivity contribution < 1.29 is 0 Å². The van der Waals surface area contributed by atoms with Gasteiger partial charge in [-0.3, -0.25) is 0 Å². The summed E-state index contributed by atoms with van der Waals surface area (Å²) in [5.41, 5.74) is 30.9. The van der Waals surface area contributed by atoms with E-state index in [0.717, 1.165) is 5.69 Å². The fourth-order valence-electron chi connectivity index (χ4n) is 15.4. The molecule has 2 aromatic heterocycles. The quantitative estimate of drug-likeness (QED) is 0.122. The van der Waals surface area contributed by atoms with E-state index in [2.05, 4.69) is 373 Å². The predicted octanol–water partition coefficient (Wildman–Crippen LogP) is 23.9. The van der Waals surface area contributed by atoms with Gasteiger partial charge in [-0.15, -0.1) is 0 Å². The van der Waals surface area contributed by atoms with Crippen molar-refractivity contribution in [2.45, 2.75) is 5.41 Å². The molecule has 0 N–H and O–H groups in total. The molecule has 18 rings (SSSR count). The van der Waals surface area contributed by atoms with Gasteiger partial charge in [-0.25, -0.2) is 0 Å². The topological polar surface area (TPSA) is 9.86 Å². The summed E-state index contributed by atoms with van der Waals surface area (Å²) in [6, 6.07) is 135. The summed E-state index contributed by atoms with van der Waals surface area (Å²) >= 11 is 0. The van der Waals surface area contributed by atoms with E-state index < -0.39 is 5.41 Å². The van der Waals surface area contributed by atoms with Crippen molar-refractivity contribution in [3.05, 3.63) is 386 Å². The minimum atomic E-state index is -0.594. The van der Waals surface area contributed by atoms with Crippen LogP contribution < -0.4 is 0 Å². The van der Waals surface area contributed by atoms with E-state index in [1.165, 1.54) is 161 Å². The van der Waals surface area contributed by atoms with Crippen molar-refractivity contribution in [3.8, 4) is 100 Å². The first kappa shape index (κ1) is 53.9. The first-order chi connectivity index (χ1) is 46.1. The molecule has 0 radical (unpaired) electrons. The lowest BCUT2D eigenvalue weighted by molar-refractivity contribution is 0.771. The zero-order valence-electron chi connectivity index (χ0n) is 51.0. The third-order valence-corrected chi connectivity index (χ3v) is 19.7. The van der Waals surface area contributed by atoms with E-state index >= 15 is 0 Å². The van der Waals surface area contributed by atoms with Gasteiger partial charge >= 0.3 is 0 Å². The highest BCUT2D eigenvalue weighted by molar-refractivity contribution is 6.13. The Bertz CT molecular complexity index is 5670. The number of hydrogen-bond donors (Lipinski definition) is 0. The first-order valence-electron chi connectivity index (χ1n) is 32.2. The van der Waals surface area contributed by atoms with Crippen molar-refractivity contribution >= 4 is 43.6 Å². The van der Waals surface area contributed by atoms with Gasteiger partial charge in [0.1, 0.15) is 0 Å². The number of aromatic nitrogens is 2. The first-order valence-corrected chi connectivity index (χ1v) is 32.2. The minimum Gasteiger partial charge on any atom is -0.309 e. The van der Waals surface area contributed by atoms with Gasteiger partial charge in [0.15, 0.2) is 0 Å². The standard InChI is InChI=1S/C91H60N2/c1-3-22-66(23-4-1)73-28-7-8-30-75(73)76-31-9-15-36-83(76)91(84-37-16-10-32-77(84)78-33-11-17-38-85(78)91)71-27-21-26-68(58-71)65-48-46-62(47-49-65)61-42-44-63(45-43-61)64-50-54-72(55-51-64)92-87-40-19-13-34-79(87)81-59-69(52-56-89(81)92)70-53-57-90-82(60-70)80-35-14-20-41-88(80)93(90)86-39-18-12-29-74(86)67-24-5-2-6-25-67/h1-60H. The van der Waals surface area contributed by atoms with Crippen LogP contribution in [0.15, 0.2) is 364 Å². The molecule has 2 heterocycles. The number of nitrogens with zero attached hydrogens (tertiary/aromatic N) is 2. The molecule has 0 saturated heterocycles. The van der Waals surface area contributed by atoms with Crippen LogP contribution in [0.25, 0.3) is 144 Å². The van der Waals surface area contributed by atoms with E-state index in [0.29, 0.717) is 0 Å². The van der Waals surface area contributed by atoms with Gasteiger partial charge in [0.25, 0.3) is 0 Å². The van der Waals surface area contributed by atoms with Crippen molar-refractivity contribution in [1.29, 1.82) is 0 Å². The highest BCUT2D eigenvalue weighted by atomic mass is 15.0. The molecule has 0 unspecified atom stereocenters. The number of hydrogen-bond acceptors (Lipinski definition) is 0. The van der Waals surface area contributed by atoms with E-state index in [4.69, 9.17) is 0 Å². The Morgan fingerprint density at radius 2 is 0.527 bits per heavy atom. The number of fused-ring (bicyclic) bond motifs is 9. The van der Waals surface area contributed by atoms with Crippen LogP contribution in [-0.4, -0.2) is 9.13 Å². The molecule has 2 heteroatoms. The smallest absolute Gasteiger partial charge is 0.0719 e. The highest BCUT2D eigenvalue weighted by Crippen LogP contribution is 2.58. The van der Waals surface area contributed by atoms with Gasteiger partial charge in [-0.05, 0) is 166 Å².